The summed E-state index contributed by atoms with van der Waals surface area (Å²) in [4.78, 5) is 0. The minimum Gasteiger partial charge on any atom is -0.388 e. The van der Waals surface area contributed by atoms with Gasteiger partial charge in [0.15, 0.2) is 11.6 Å². The third kappa shape index (κ3) is 3.26. The van der Waals surface area contributed by atoms with E-state index < -0.39 is 23.6 Å². The fraction of sp³-hybridized carbons (Fsp3) is 0.400. The van der Waals surface area contributed by atoms with Gasteiger partial charge in [-0.3, -0.25) is 4.68 Å². The minimum atomic E-state index is -1.27. The van der Waals surface area contributed by atoms with E-state index in [1.807, 2.05) is 19.9 Å². The lowest BCUT2D eigenvalue weighted by atomic mass is 10.0. The molecule has 1 unspecified atom stereocenters. The molecule has 3 nitrogen and oxygen atoms in total. The average Bonchev–Trinajstić information content (AvgIpc) is 2.84. The van der Waals surface area contributed by atoms with Crippen molar-refractivity contribution in [1.82, 2.24) is 9.78 Å². The van der Waals surface area contributed by atoms with E-state index in [0.717, 1.165) is 17.8 Å². The lowest BCUT2D eigenvalue weighted by Gasteiger charge is -2.13. The molecule has 0 aliphatic heterocycles. The fourth-order valence-corrected chi connectivity index (χ4v) is 2.23. The quantitative estimate of drug-likeness (QED) is 0.861. The molecule has 1 aromatic heterocycles. The molecule has 0 aliphatic rings. The van der Waals surface area contributed by atoms with Gasteiger partial charge in [-0.25, -0.2) is 13.2 Å². The van der Waals surface area contributed by atoms with Crippen LogP contribution in [0.4, 0.5) is 13.2 Å². The van der Waals surface area contributed by atoms with Crippen molar-refractivity contribution in [2.45, 2.75) is 39.3 Å². The van der Waals surface area contributed by atoms with Crippen LogP contribution < -0.4 is 0 Å². The second-order valence-corrected chi connectivity index (χ2v) is 4.80. The molecule has 0 spiro atoms. The molecule has 2 aromatic rings. The summed E-state index contributed by atoms with van der Waals surface area (Å²) in [5.74, 6) is -3.40. The molecule has 1 atom stereocenters. The molecule has 114 valence electrons. The highest BCUT2D eigenvalue weighted by atomic mass is 19.2. The monoisotopic (exact) mass is 298 g/mol. The standard InChI is InChI=1S/C15H17F3N2O/c1-3-9-5-10(20(4-2)19-9)6-15(21)11-7-13(17)14(18)8-12(11)16/h5,7-8,15,21H,3-4,6H2,1-2H3. The van der Waals surface area contributed by atoms with Crippen LogP contribution in [0.15, 0.2) is 18.2 Å². The molecule has 0 bridgehead atoms. The Morgan fingerprint density at radius 2 is 1.76 bits per heavy atom. The van der Waals surface area contributed by atoms with Gasteiger partial charge in [0.05, 0.1) is 11.8 Å². The zero-order valence-corrected chi connectivity index (χ0v) is 11.9. The van der Waals surface area contributed by atoms with Gasteiger partial charge < -0.3 is 5.11 Å². The van der Waals surface area contributed by atoms with Crippen molar-refractivity contribution in [3.05, 3.63) is 52.6 Å². The Labute approximate surface area is 121 Å². The first kappa shape index (κ1) is 15.6. The average molecular weight is 298 g/mol. The third-order valence-corrected chi connectivity index (χ3v) is 3.38. The van der Waals surface area contributed by atoms with E-state index >= 15 is 0 Å². The van der Waals surface area contributed by atoms with Gasteiger partial charge in [-0.15, -0.1) is 0 Å². The molecule has 1 N–H and O–H groups in total. The highest BCUT2D eigenvalue weighted by molar-refractivity contribution is 5.24. The van der Waals surface area contributed by atoms with Crippen molar-refractivity contribution in [2.75, 3.05) is 0 Å². The van der Waals surface area contributed by atoms with Crippen LogP contribution in [-0.2, 0) is 19.4 Å². The van der Waals surface area contributed by atoms with E-state index in [9.17, 15) is 18.3 Å². The first-order valence-corrected chi connectivity index (χ1v) is 6.84. The number of aromatic nitrogens is 2. The van der Waals surface area contributed by atoms with Crippen LogP contribution >= 0.6 is 0 Å². The molecule has 0 fully saturated rings. The molecule has 21 heavy (non-hydrogen) atoms. The van der Waals surface area contributed by atoms with E-state index in [4.69, 9.17) is 0 Å². The lowest BCUT2D eigenvalue weighted by molar-refractivity contribution is 0.170. The summed E-state index contributed by atoms with van der Waals surface area (Å²) in [6, 6.07) is 2.97. The number of rotatable bonds is 5. The number of hydrogen-bond donors (Lipinski definition) is 1. The number of nitrogens with zero attached hydrogens (tertiary/aromatic N) is 2. The van der Waals surface area contributed by atoms with Gasteiger partial charge in [0.1, 0.15) is 5.82 Å². The summed E-state index contributed by atoms with van der Waals surface area (Å²) < 4.78 is 41.5. The number of aryl methyl sites for hydroxylation is 2. The van der Waals surface area contributed by atoms with Crippen LogP contribution in [-0.4, -0.2) is 14.9 Å². The van der Waals surface area contributed by atoms with Crippen molar-refractivity contribution in [3.8, 4) is 0 Å². The molecular weight excluding hydrogens is 281 g/mol. The van der Waals surface area contributed by atoms with Crippen LogP contribution in [0.3, 0.4) is 0 Å². The van der Waals surface area contributed by atoms with E-state index in [1.165, 1.54) is 0 Å². The Bertz CT molecular complexity index is 640. The molecule has 6 heteroatoms. The van der Waals surface area contributed by atoms with Gasteiger partial charge in [0, 0.05) is 30.3 Å². The molecule has 1 heterocycles. The molecule has 0 aliphatic carbocycles. The van der Waals surface area contributed by atoms with E-state index in [1.54, 1.807) is 4.68 Å². The maximum atomic E-state index is 13.6. The molecule has 0 saturated heterocycles. The maximum absolute atomic E-state index is 13.6. The van der Waals surface area contributed by atoms with Gasteiger partial charge >= 0.3 is 0 Å². The first-order valence-electron chi connectivity index (χ1n) is 6.84. The van der Waals surface area contributed by atoms with Crippen LogP contribution in [0.1, 0.15) is 36.9 Å². The lowest BCUT2D eigenvalue weighted by Crippen LogP contribution is -2.10. The molecule has 0 saturated carbocycles. The second-order valence-electron chi connectivity index (χ2n) is 4.80. The van der Waals surface area contributed by atoms with E-state index in [-0.39, 0.29) is 12.0 Å². The van der Waals surface area contributed by atoms with Crippen molar-refractivity contribution in [1.29, 1.82) is 0 Å². The maximum Gasteiger partial charge on any atom is 0.161 e. The van der Waals surface area contributed by atoms with Gasteiger partial charge in [-0.05, 0) is 25.5 Å². The zero-order chi connectivity index (χ0) is 15.6. The Morgan fingerprint density at radius 1 is 1.10 bits per heavy atom. The SMILES string of the molecule is CCc1cc(CC(O)c2cc(F)c(F)cc2F)n(CC)n1. The molecule has 1 aromatic carbocycles. The predicted octanol–water partition coefficient (Wildman–Crippen LogP) is 3.16. The van der Waals surface area contributed by atoms with Gasteiger partial charge in [-0.1, -0.05) is 6.92 Å². The number of aliphatic hydroxyl groups excluding tert-OH is 1. The highest BCUT2D eigenvalue weighted by Gasteiger charge is 2.19. The van der Waals surface area contributed by atoms with Crippen LogP contribution in [0, 0.1) is 17.5 Å². The summed E-state index contributed by atoms with van der Waals surface area (Å²) in [5, 5.41) is 14.4. The smallest absolute Gasteiger partial charge is 0.161 e. The summed E-state index contributed by atoms with van der Waals surface area (Å²) in [5.41, 5.74) is 1.34. The van der Waals surface area contributed by atoms with Crippen molar-refractivity contribution in [3.63, 3.8) is 0 Å². The van der Waals surface area contributed by atoms with Crippen molar-refractivity contribution < 1.29 is 18.3 Å². The van der Waals surface area contributed by atoms with Crippen LogP contribution in [0.25, 0.3) is 0 Å². The number of halogens is 3. The second kappa shape index (κ2) is 6.30. The van der Waals surface area contributed by atoms with Gasteiger partial charge in [0.2, 0.25) is 0 Å². The van der Waals surface area contributed by atoms with Crippen molar-refractivity contribution in [2.24, 2.45) is 0 Å². The van der Waals surface area contributed by atoms with Gasteiger partial charge in [-0.2, -0.15) is 5.10 Å². The Hall–Kier alpha value is -1.82. The van der Waals surface area contributed by atoms with Crippen molar-refractivity contribution >= 4 is 0 Å². The van der Waals surface area contributed by atoms with Crippen LogP contribution in [0.2, 0.25) is 0 Å². The molecule has 0 radical (unpaired) electrons. The number of aliphatic hydroxyl groups is 1. The summed E-state index contributed by atoms with van der Waals surface area (Å²) >= 11 is 0. The normalized spacial score (nSPS) is 12.7. The van der Waals surface area contributed by atoms with E-state index in [0.29, 0.717) is 18.7 Å². The first-order chi connectivity index (χ1) is 9.96. The third-order valence-electron chi connectivity index (χ3n) is 3.38. The Morgan fingerprint density at radius 3 is 2.38 bits per heavy atom. The largest absolute Gasteiger partial charge is 0.388 e. The summed E-state index contributed by atoms with van der Waals surface area (Å²) in [7, 11) is 0. The highest BCUT2D eigenvalue weighted by Crippen LogP contribution is 2.24. The van der Waals surface area contributed by atoms with E-state index in [2.05, 4.69) is 5.10 Å². The van der Waals surface area contributed by atoms with Crippen LogP contribution in [0.5, 0.6) is 0 Å². The number of hydrogen-bond acceptors (Lipinski definition) is 2. The fourth-order valence-electron chi connectivity index (χ4n) is 2.23. The molecule has 0 amide bonds. The molecular formula is C15H17F3N2O. The zero-order valence-electron chi connectivity index (χ0n) is 11.9. The van der Waals surface area contributed by atoms with Gasteiger partial charge in [0.25, 0.3) is 0 Å². The summed E-state index contributed by atoms with van der Waals surface area (Å²) in [6.07, 6.45) is -0.426. The molecule has 2 rings (SSSR count). The Kier molecular flexibility index (Phi) is 4.67. The summed E-state index contributed by atoms with van der Waals surface area (Å²) in [6.45, 7) is 4.47. The topological polar surface area (TPSA) is 38.0 Å². The number of benzene rings is 1. The Balaban J connectivity index is 2.27. The predicted molar refractivity (Wildman–Crippen MR) is 72.3 cm³/mol. The minimum absolute atomic E-state index is 0.0861.